The van der Waals surface area contributed by atoms with Crippen molar-refractivity contribution in [3.63, 3.8) is 0 Å². The highest BCUT2D eigenvalue weighted by Crippen LogP contribution is 2.38. The SMILES string of the molecule is C/C=C/c1c(/C=C\C=C(/N)c2ccccc2)oc2cc3oc4ccc(-c5ccccc5)cc4c3cc12.C=C/C=C/C.C=N/C=C\C. The lowest BCUT2D eigenvalue weighted by Crippen LogP contribution is -1.94. The fourth-order valence-electron chi connectivity index (χ4n) is 4.89. The van der Waals surface area contributed by atoms with Crippen LogP contribution in [0.25, 0.3) is 61.9 Å². The summed E-state index contributed by atoms with van der Waals surface area (Å²) in [5.74, 6) is 0.780. The molecule has 4 nitrogen and oxygen atoms in total. The van der Waals surface area contributed by atoms with Crippen molar-refractivity contribution in [2.75, 3.05) is 0 Å². The molecular formula is C42H40N2O2. The van der Waals surface area contributed by atoms with E-state index in [0.29, 0.717) is 5.70 Å². The largest absolute Gasteiger partial charge is 0.456 e. The molecule has 6 aromatic rings. The van der Waals surface area contributed by atoms with Crippen molar-refractivity contribution < 1.29 is 8.83 Å². The molecule has 0 fully saturated rings. The molecule has 0 saturated carbocycles. The van der Waals surface area contributed by atoms with Gasteiger partial charge in [0.25, 0.3) is 0 Å². The third-order valence-electron chi connectivity index (χ3n) is 7.00. The zero-order valence-corrected chi connectivity index (χ0v) is 26.7. The average Bonchev–Trinajstić information content (AvgIpc) is 3.62. The molecule has 0 saturated heterocycles. The number of rotatable bonds is 7. The number of benzene rings is 4. The number of fused-ring (bicyclic) bond motifs is 4. The van der Waals surface area contributed by atoms with Gasteiger partial charge < -0.3 is 14.6 Å². The molecule has 6 rings (SSSR count). The van der Waals surface area contributed by atoms with E-state index < -0.39 is 0 Å². The predicted molar refractivity (Wildman–Crippen MR) is 201 cm³/mol. The summed E-state index contributed by atoms with van der Waals surface area (Å²) in [5, 5.41) is 3.22. The van der Waals surface area contributed by atoms with Gasteiger partial charge in [-0.2, -0.15) is 0 Å². The number of nitrogens with zero attached hydrogens (tertiary/aromatic N) is 1. The fraction of sp³-hybridized carbons (Fsp3) is 0.0714. The second-order valence-electron chi connectivity index (χ2n) is 10.2. The van der Waals surface area contributed by atoms with E-state index in [-0.39, 0.29) is 0 Å². The first-order chi connectivity index (χ1) is 22.5. The number of hydrogen-bond acceptors (Lipinski definition) is 4. The van der Waals surface area contributed by atoms with Crippen molar-refractivity contribution in [1.82, 2.24) is 0 Å². The molecule has 4 heteroatoms. The molecule has 0 unspecified atom stereocenters. The Morgan fingerprint density at radius 1 is 0.674 bits per heavy atom. The van der Waals surface area contributed by atoms with E-state index >= 15 is 0 Å². The summed E-state index contributed by atoms with van der Waals surface area (Å²) in [4.78, 5) is 3.42. The van der Waals surface area contributed by atoms with E-state index in [0.717, 1.165) is 55.4 Å². The minimum atomic E-state index is 0.703. The summed E-state index contributed by atoms with van der Waals surface area (Å²) >= 11 is 0. The van der Waals surface area contributed by atoms with Crippen LogP contribution >= 0.6 is 0 Å². The van der Waals surface area contributed by atoms with Gasteiger partial charge in [0.05, 0.1) is 0 Å². The van der Waals surface area contributed by atoms with Crippen molar-refractivity contribution in [3.05, 3.63) is 163 Å². The lowest BCUT2D eigenvalue weighted by atomic mass is 10.0. The van der Waals surface area contributed by atoms with Crippen LogP contribution in [0.2, 0.25) is 0 Å². The number of allylic oxidation sites excluding steroid dienone is 7. The van der Waals surface area contributed by atoms with Crippen LogP contribution < -0.4 is 5.73 Å². The average molecular weight is 605 g/mol. The second kappa shape index (κ2) is 16.8. The number of furan rings is 2. The highest BCUT2D eigenvalue weighted by molar-refractivity contribution is 6.11. The first-order valence-electron chi connectivity index (χ1n) is 15.2. The Hall–Kier alpha value is -5.87. The Kier molecular flexibility index (Phi) is 12.1. The maximum Gasteiger partial charge on any atom is 0.139 e. The minimum Gasteiger partial charge on any atom is -0.456 e. The highest BCUT2D eigenvalue weighted by Gasteiger charge is 2.15. The number of hydrogen-bond donors (Lipinski definition) is 1. The van der Waals surface area contributed by atoms with Crippen LogP contribution in [0, 0.1) is 0 Å². The van der Waals surface area contributed by atoms with Crippen LogP contribution in [0.1, 0.15) is 37.7 Å². The predicted octanol–water partition coefficient (Wildman–Crippen LogP) is 12.0. The summed E-state index contributed by atoms with van der Waals surface area (Å²) in [6.45, 7) is 12.5. The summed E-state index contributed by atoms with van der Waals surface area (Å²) in [5.41, 5.74) is 13.8. The normalized spacial score (nSPS) is 11.8. The van der Waals surface area contributed by atoms with Gasteiger partial charge in [-0.15, -0.1) is 0 Å². The Morgan fingerprint density at radius 3 is 1.98 bits per heavy atom. The van der Waals surface area contributed by atoms with Crippen LogP contribution in [0.4, 0.5) is 0 Å². The summed E-state index contributed by atoms with van der Waals surface area (Å²) in [7, 11) is 0. The standard InChI is InChI=1S/C33H25NO2.C5H8.C4H7N/c1-2-10-25-27-20-28-26-19-24(22-11-5-3-6-12-22)17-18-31(26)36-33(28)21-32(27)35-30(25)16-9-15-29(34)23-13-7-4-8-14-23;1-3-5-4-2;1-3-4-5-2/h2-21H,34H2,1H3;3-5H,1H2,2H3;3-4H,2H2,1H3/b10-2+,16-9-,29-15-;5-4+;4-3-. The zero-order chi connectivity index (χ0) is 32.7. The van der Waals surface area contributed by atoms with Gasteiger partial charge in [0.1, 0.15) is 22.5 Å². The lowest BCUT2D eigenvalue weighted by molar-refractivity contribution is 0.601. The molecule has 230 valence electrons. The zero-order valence-electron chi connectivity index (χ0n) is 26.7. The fourth-order valence-corrected chi connectivity index (χ4v) is 4.89. The van der Waals surface area contributed by atoms with E-state index in [1.807, 2.05) is 112 Å². The van der Waals surface area contributed by atoms with Gasteiger partial charge in [0.2, 0.25) is 0 Å². The van der Waals surface area contributed by atoms with Gasteiger partial charge in [-0.1, -0.05) is 116 Å². The molecule has 2 N–H and O–H groups in total. The van der Waals surface area contributed by atoms with Crippen LogP contribution in [0.5, 0.6) is 0 Å². The maximum absolute atomic E-state index is 6.27. The molecule has 0 radical (unpaired) electrons. The van der Waals surface area contributed by atoms with Gasteiger partial charge in [-0.05, 0) is 74.5 Å². The van der Waals surface area contributed by atoms with Gasteiger partial charge in [0, 0.05) is 39.7 Å². The van der Waals surface area contributed by atoms with E-state index in [4.69, 9.17) is 14.6 Å². The quantitative estimate of drug-likeness (QED) is 0.146. The van der Waals surface area contributed by atoms with Gasteiger partial charge in [-0.25, -0.2) is 0 Å². The number of nitrogens with two attached hydrogens (primary N) is 1. The summed E-state index contributed by atoms with van der Waals surface area (Å²) in [6.07, 6.45) is 18.9. The van der Waals surface area contributed by atoms with Crippen LogP contribution in [-0.4, -0.2) is 6.72 Å². The molecular weight excluding hydrogens is 564 g/mol. The molecule has 0 aliphatic rings. The van der Waals surface area contributed by atoms with Gasteiger partial charge >= 0.3 is 0 Å². The van der Waals surface area contributed by atoms with Crippen molar-refractivity contribution in [3.8, 4) is 11.1 Å². The first kappa shape index (κ1) is 33.0. The molecule has 0 spiro atoms. The lowest BCUT2D eigenvalue weighted by Gasteiger charge is -2.01. The van der Waals surface area contributed by atoms with E-state index in [9.17, 15) is 0 Å². The Balaban J connectivity index is 0.000000421. The van der Waals surface area contributed by atoms with Crippen molar-refractivity contribution >= 4 is 57.5 Å². The first-order valence-corrected chi connectivity index (χ1v) is 15.2. The highest BCUT2D eigenvalue weighted by atomic mass is 16.3. The minimum absolute atomic E-state index is 0.703. The Morgan fingerprint density at radius 2 is 1.37 bits per heavy atom. The van der Waals surface area contributed by atoms with E-state index in [1.54, 1.807) is 12.3 Å². The molecule has 0 aliphatic heterocycles. The Bertz CT molecular complexity index is 2030. The molecule has 2 aromatic heterocycles. The van der Waals surface area contributed by atoms with Crippen molar-refractivity contribution in [1.29, 1.82) is 0 Å². The second-order valence-corrected chi connectivity index (χ2v) is 10.2. The van der Waals surface area contributed by atoms with Gasteiger partial charge in [0.15, 0.2) is 0 Å². The molecule has 2 heterocycles. The monoisotopic (exact) mass is 604 g/mol. The molecule has 4 aromatic carbocycles. The van der Waals surface area contributed by atoms with E-state index in [2.05, 4.69) is 66.8 Å². The molecule has 46 heavy (non-hydrogen) atoms. The topological polar surface area (TPSA) is 64.7 Å². The molecule has 0 bridgehead atoms. The van der Waals surface area contributed by atoms with Crippen molar-refractivity contribution in [2.24, 2.45) is 10.7 Å². The Labute approximate surface area is 271 Å². The number of aliphatic imine (C=N–C) groups is 1. The molecule has 0 atom stereocenters. The van der Waals surface area contributed by atoms with Crippen LogP contribution in [-0.2, 0) is 0 Å². The van der Waals surface area contributed by atoms with E-state index in [1.165, 1.54) is 5.56 Å². The third-order valence-corrected chi connectivity index (χ3v) is 7.00. The van der Waals surface area contributed by atoms with Gasteiger partial charge in [-0.3, -0.25) is 4.99 Å². The summed E-state index contributed by atoms with van der Waals surface area (Å²) < 4.78 is 12.5. The maximum atomic E-state index is 6.27. The third kappa shape index (κ3) is 8.19. The van der Waals surface area contributed by atoms with Crippen LogP contribution in [0.3, 0.4) is 0 Å². The summed E-state index contributed by atoms with van der Waals surface area (Å²) in [6, 6.07) is 30.8. The smallest absolute Gasteiger partial charge is 0.139 e. The molecule has 0 aliphatic carbocycles. The van der Waals surface area contributed by atoms with Crippen LogP contribution in [0.15, 0.2) is 160 Å². The molecule has 0 amide bonds. The van der Waals surface area contributed by atoms with Crippen molar-refractivity contribution in [2.45, 2.75) is 20.8 Å².